The van der Waals surface area contributed by atoms with Crippen molar-refractivity contribution in [3.8, 4) is 6.07 Å². The quantitative estimate of drug-likeness (QED) is 0.601. The number of aromatic nitrogens is 1. The van der Waals surface area contributed by atoms with Gasteiger partial charge in [0.05, 0.1) is 16.6 Å². The molecule has 0 bridgehead atoms. The smallest absolute Gasteiger partial charge is 0.312 e. The first-order valence-electron chi connectivity index (χ1n) is 5.42. The summed E-state index contributed by atoms with van der Waals surface area (Å²) in [6.07, 6.45) is 0.624. The molecule has 0 radical (unpaired) electrons. The van der Waals surface area contributed by atoms with Gasteiger partial charge in [0, 0.05) is 18.8 Å². The van der Waals surface area contributed by atoms with E-state index < -0.39 is 11.0 Å². The molecule has 18 heavy (non-hydrogen) atoms. The Balaban J connectivity index is 2.89. The van der Waals surface area contributed by atoms with Crippen LogP contribution in [0.3, 0.4) is 0 Å². The van der Waals surface area contributed by atoms with Crippen molar-refractivity contribution >= 4 is 11.5 Å². The molecule has 0 aliphatic carbocycles. The fraction of sp³-hybridized carbons (Fsp3) is 0.455. The Bertz CT molecular complexity index is 482. The van der Waals surface area contributed by atoms with Gasteiger partial charge in [-0.3, -0.25) is 10.1 Å². The molecule has 1 atom stereocenters. The molecule has 1 aromatic rings. The molecule has 0 saturated carbocycles. The molecule has 0 aliphatic rings. The average Bonchev–Trinajstić information content (AvgIpc) is 2.35. The second-order valence-corrected chi connectivity index (χ2v) is 4.15. The summed E-state index contributed by atoms with van der Waals surface area (Å²) in [5.74, 6) is 0.0913. The Labute approximate surface area is 104 Å². The van der Waals surface area contributed by atoms with Crippen molar-refractivity contribution in [2.75, 3.05) is 11.9 Å². The minimum absolute atomic E-state index is 0.0370. The zero-order chi connectivity index (χ0) is 13.7. The van der Waals surface area contributed by atoms with Gasteiger partial charge in [-0.15, -0.1) is 0 Å². The van der Waals surface area contributed by atoms with Crippen molar-refractivity contribution in [2.45, 2.75) is 20.0 Å². The van der Waals surface area contributed by atoms with Crippen LogP contribution in [0.5, 0.6) is 0 Å². The van der Waals surface area contributed by atoms with E-state index in [1.807, 2.05) is 13.8 Å². The lowest BCUT2D eigenvalue weighted by Crippen LogP contribution is -2.25. The number of rotatable bonds is 5. The Morgan fingerprint density at radius 3 is 2.83 bits per heavy atom. The third kappa shape index (κ3) is 3.40. The Kier molecular flexibility index (Phi) is 4.57. The third-order valence-electron chi connectivity index (χ3n) is 2.44. The van der Waals surface area contributed by atoms with Crippen molar-refractivity contribution < 1.29 is 10.0 Å². The summed E-state index contributed by atoms with van der Waals surface area (Å²) in [5.41, 5.74) is -0.151. The van der Waals surface area contributed by atoms with Crippen molar-refractivity contribution in [1.82, 2.24) is 4.98 Å². The summed E-state index contributed by atoms with van der Waals surface area (Å²) in [6.45, 7) is 3.84. The van der Waals surface area contributed by atoms with Gasteiger partial charge in [-0.1, -0.05) is 13.8 Å². The molecular formula is C11H14N4O3. The molecule has 0 spiro atoms. The lowest BCUT2D eigenvalue weighted by Gasteiger charge is -2.15. The van der Waals surface area contributed by atoms with Crippen LogP contribution >= 0.6 is 0 Å². The molecule has 2 N–H and O–H groups in total. The first-order valence-corrected chi connectivity index (χ1v) is 5.42. The Hall–Kier alpha value is -2.20. The summed E-state index contributed by atoms with van der Waals surface area (Å²) >= 11 is 0. The fourth-order valence-corrected chi connectivity index (χ4v) is 1.23. The van der Waals surface area contributed by atoms with Gasteiger partial charge < -0.3 is 10.4 Å². The monoisotopic (exact) mass is 250 g/mol. The van der Waals surface area contributed by atoms with Crippen molar-refractivity contribution in [1.29, 1.82) is 5.26 Å². The summed E-state index contributed by atoms with van der Waals surface area (Å²) < 4.78 is 0. The maximum atomic E-state index is 10.8. The predicted octanol–water partition coefficient (Wildman–Crippen LogP) is 1.29. The maximum Gasteiger partial charge on any atom is 0.312 e. The van der Waals surface area contributed by atoms with Crippen LogP contribution in [0.2, 0.25) is 0 Å². The van der Waals surface area contributed by atoms with Crippen LogP contribution in [0.15, 0.2) is 12.3 Å². The van der Waals surface area contributed by atoms with E-state index in [0.717, 1.165) is 6.07 Å². The number of nitrogens with zero attached hydrogens (tertiary/aromatic N) is 3. The van der Waals surface area contributed by atoms with Crippen LogP contribution in [0.1, 0.15) is 19.4 Å². The van der Waals surface area contributed by atoms with Crippen LogP contribution in [0.4, 0.5) is 11.5 Å². The van der Waals surface area contributed by atoms with Crippen molar-refractivity contribution in [3.63, 3.8) is 0 Å². The zero-order valence-corrected chi connectivity index (χ0v) is 10.1. The van der Waals surface area contributed by atoms with Gasteiger partial charge in [0.2, 0.25) is 5.82 Å². The number of hydrogen-bond donors (Lipinski definition) is 2. The van der Waals surface area contributed by atoms with Crippen LogP contribution in [0.25, 0.3) is 0 Å². The molecule has 1 rings (SSSR count). The van der Waals surface area contributed by atoms with Crippen LogP contribution < -0.4 is 5.32 Å². The van der Waals surface area contributed by atoms with E-state index in [1.54, 1.807) is 6.07 Å². The van der Waals surface area contributed by atoms with E-state index in [2.05, 4.69) is 10.3 Å². The Morgan fingerprint density at radius 1 is 1.67 bits per heavy atom. The van der Waals surface area contributed by atoms with Gasteiger partial charge in [0.1, 0.15) is 6.07 Å². The molecule has 7 heteroatoms. The normalized spacial score (nSPS) is 11.9. The first-order chi connectivity index (χ1) is 8.45. The molecule has 1 heterocycles. The maximum absolute atomic E-state index is 10.8. The number of anilines is 1. The molecule has 1 aromatic heterocycles. The highest BCUT2D eigenvalue weighted by Gasteiger charge is 2.18. The molecule has 0 aromatic carbocycles. The van der Waals surface area contributed by atoms with Gasteiger partial charge >= 0.3 is 5.69 Å². The van der Waals surface area contributed by atoms with E-state index in [9.17, 15) is 15.2 Å². The van der Waals surface area contributed by atoms with Crippen molar-refractivity contribution in [2.24, 2.45) is 5.92 Å². The second-order valence-electron chi connectivity index (χ2n) is 4.15. The van der Waals surface area contributed by atoms with E-state index in [1.165, 1.54) is 6.20 Å². The number of aliphatic hydroxyl groups excluding tert-OH is 1. The van der Waals surface area contributed by atoms with Gasteiger partial charge in [-0.25, -0.2) is 4.98 Å². The van der Waals surface area contributed by atoms with Gasteiger partial charge in [0.15, 0.2) is 0 Å². The van der Waals surface area contributed by atoms with Crippen LogP contribution in [0, 0.1) is 27.4 Å². The fourth-order valence-electron chi connectivity index (χ4n) is 1.23. The molecule has 7 nitrogen and oxygen atoms in total. The van der Waals surface area contributed by atoms with Crippen molar-refractivity contribution in [3.05, 3.63) is 27.9 Å². The summed E-state index contributed by atoms with van der Waals surface area (Å²) in [5, 5.41) is 31.8. The minimum atomic E-state index is -0.623. The number of aliphatic hydroxyl groups is 1. The molecule has 0 amide bonds. The van der Waals surface area contributed by atoms with E-state index in [0.29, 0.717) is 0 Å². The highest BCUT2D eigenvalue weighted by Crippen LogP contribution is 2.22. The summed E-state index contributed by atoms with van der Waals surface area (Å²) in [4.78, 5) is 14.0. The van der Waals surface area contributed by atoms with E-state index in [-0.39, 0.29) is 29.5 Å². The largest absolute Gasteiger partial charge is 0.391 e. The third-order valence-corrected chi connectivity index (χ3v) is 2.44. The number of nitrogens with one attached hydrogen (secondary N) is 1. The van der Waals surface area contributed by atoms with E-state index in [4.69, 9.17) is 5.26 Å². The molecule has 0 aliphatic heterocycles. The summed E-state index contributed by atoms with van der Waals surface area (Å²) in [7, 11) is 0. The molecule has 0 fully saturated rings. The second kappa shape index (κ2) is 5.93. The topological polar surface area (TPSA) is 112 Å². The van der Waals surface area contributed by atoms with Gasteiger partial charge in [-0.05, 0) is 5.92 Å². The molecule has 96 valence electrons. The standard InChI is InChI=1S/C11H14N4O3/c1-7(2)10(16)6-14-11-9(15(17)18)3-8(4-12)5-13-11/h3,5,7,10,16H,6H2,1-2H3,(H,13,14). The van der Waals surface area contributed by atoms with Crippen LogP contribution in [-0.4, -0.2) is 27.7 Å². The molecular weight excluding hydrogens is 236 g/mol. The highest BCUT2D eigenvalue weighted by atomic mass is 16.6. The minimum Gasteiger partial charge on any atom is -0.391 e. The lowest BCUT2D eigenvalue weighted by atomic mass is 10.1. The number of nitriles is 1. The zero-order valence-electron chi connectivity index (χ0n) is 10.1. The average molecular weight is 250 g/mol. The first kappa shape index (κ1) is 13.9. The number of hydrogen-bond acceptors (Lipinski definition) is 6. The number of pyridine rings is 1. The summed E-state index contributed by atoms with van der Waals surface area (Å²) in [6, 6.07) is 2.94. The highest BCUT2D eigenvalue weighted by molar-refractivity contribution is 5.58. The lowest BCUT2D eigenvalue weighted by molar-refractivity contribution is -0.384. The SMILES string of the molecule is CC(C)C(O)CNc1ncc(C#N)cc1[N+](=O)[O-]. The van der Waals surface area contributed by atoms with Crippen LogP contribution in [-0.2, 0) is 0 Å². The number of nitro groups is 1. The molecule has 1 unspecified atom stereocenters. The predicted molar refractivity (Wildman–Crippen MR) is 64.9 cm³/mol. The Morgan fingerprint density at radius 2 is 2.33 bits per heavy atom. The van der Waals surface area contributed by atoms with Gasteiger partial charge in [0.25, 0.3) is 0 Å². The molecule has 0 saturated heterocycles. The van der Waals surface area contributed by atoms with E-state index >= 15 is 0 Å². The van der Waals surface area contributed by atoms with Gasteiger partial charge in [-0.2, -0.15) is 5.26 Å².